The van der Waals surface area contributed by atoms with Gasteiger partial charge < -0.3 is 25.0 Å². The average molecular weight is 663 g/mol. The van der Waals surface area contributed by atoms with Crippen LogP contribution in [0.25, 0.3) is 11.0 Å². The number of aromatic nitrogens is 2. The third-order valence-electron chi connectivity index (χ3n) is 6.79. The lowest BCUT2D eigenvalue weighted by atomic mass is 10.0. The van der Waals surface area contributed by atoms with E-state index < -0.39 is 81.5 Å². The molecular weight excluding hydrogens is 641 g/mol. The van der Waals surface area contributed by atoms with E-state index in [4.69, 9.17) is 15.3 Å². The van der Waals surface area contributed by atoms with Gasteiger partial charge in [0, 0.05) is 17.4 Å². The number of aliphatic hydroxyl groups is 1. The van der Waals surface area contributed by atoms with E-state index in [-0.39, 0.29) is 11.0 Å². The Morgan fingerprint density at radius 3 is 1.85 bits per heavy atom. The van der Waals surface area contributed by atoms with Gasteiger partial charge in [-0.1, -0.05) is 0 Å². The van der Waals surface area contributed by atoms with Crippen molar-refractivity contribution in [3.63, 3.8) is 0 Å². The Morgan fingerprint density at radius 1 is 0.851 bits per heavy atom. The van der Waals surface area contributed by atoms with Gasteiger partial charge in [0.25, 0.3) is 11.8 Å². The van der Waals surface area contributed by atoms with Crippen LogP contribution >= 0.6 is 0 Å². The molecule has 0 spiro atoms. The van der Waals surface area contributed by atoms with Crippen LogP contribution in [0.5, 0.6) is 0 Å². The molecule has 4 rings (SSSR count). The van der Waals surface area contributed by atoms with Gasteiger partial charge in [-0.2, -0.15) is 36.9 Å². The number of anilines is 2. The average Bonchev–Trinajstić information content (AvgIpc) is 3.36. The lowest BCUT2D eigenvalue weighted by molar-refractivity contribution is -0.237. The van der Waals surface area contributed by atoms with Gasteiger partial charge >= 0.3 is 12.4 Å². The maximum absolute atomic E-state index is 13.8. The fourth-order valence-electron chi connectivity index (χ4n) is 4.54. The van der Waals surface area contributed by atoms with E-state index in [9.17, 15) is 45.4 Å². The highest BCUT2D eigenvalue weighted by atomic mass is 19.4. The lowest BCUT2D eigenvalue weighted by Crippen LogP contribution is -2.55. The summed E-state index contributed by atoms with van der Waals surface area (Å²) < 4.78 is 102. The van der Waals surface area contributed by atoms with Crippen molar-refractivity contribution in [3.05, 3.63) is 89.0 Å². The van der Waals surface area contributed by atoms with Gasteiger partial charge in [0.15, 0.2) is 5.60 Å². The second-order valence-electron chi connectivity index (χ2n) is 10.5. The second kappa shape index (κ2) is 12.3. The molecule has 2 amide bonds. The number of hydrogen-bond donors (Lipinski definition) is 3. The summed E-state index contributed by atoms with van der Waals surface area (Å²) in [7, 11) is 0. The molecule has 3 N–H and O–H groups in total. The number of imidazole rings is 1. The number of ether oxygens (including phenoxy) is 1. The molecule has 0 fully saturated rings. The normalized spacial score (nSPS) is 14.4. The molecule has 0 aliphatic carbocycles. The molecule has 3 aromatic carbocycles. The molecule has 47 heavy (non-hydrogen) atoms. The monoisotopic (exact) mass is 662 g/mol. The summed E-state index contributed by atoms with van der Waals surface area (Å²) in [6, 6.07) is 10.7. The summed E-state index contributed by atoms with van der Waals surface area (Å²) in [6.07, 6.45) is -8.79. The molecule has 0 saturated carbocycles. The molecular formula is C30H21F7N6O4. The minimum Gasteiger partial charge on any atom is -0.358 e. The molecule has 1 aromatic heterocycles. The van der Waals surface area contributed by atoms with E-state index in [0.29, 0.717) is 12.1 Å². The number of benzene rings is 3. The van der Waals surface area contributed by atoms with Crippen molar-refractivity contribution in [2.24, 2.45) is 0 Å². The summed E-state index contributed by atoms with van der Waals surface area (Å²) in [5.74, 6) is -6.32. The van der Waals surface area contributed by atoms with Crippen LogP contribution in [0.3, 0.4) is 0 Å². The van der Waals surface area contributed by atoms with Crippen LogP contribution in [-0.2, 0) is 33.2 Å². The first-order valence-electron chi connectivity index (χ1n) is 13.2. The summed E-state index contributed by atoms with van der Waals surface area (Å²) >= 11 is 0. The van der Waals surface area contributed by atoms with Crippen molar-refractivity contribution in [1.29, 1.82) is 10.5 Å². The molecule has 1 heterocycles. The standard InChI is InChI=1S/C30H21F7N6O4/c1-27(14-43-15-40-23-9-18(31)5-8-24(23)43,25(44)41-19-6-3-16(12-38)21(10-19)29(32,33)34)47-28(2,46)26(45)42-20-7-4-17(13-39)22(11-20)30(35,36)37/h3-11,15,46H,14H2,1-2H3,(H,41,44)(H,42,45). The summed E-state index contributed by atoms with van der Waals surface area (Å²) in [5.41, 5.74) is -7.17. The number of nitriles is 2. The van der Waals surface area contributed by atoms with Crippen LogP contribution in [0.2, 0.25) is 0 Å². The number of halogens is 7. The first kappa shape index (κ1) is 34.4. The smallest absolute Gasteiger partial charge is 0.358 e. The zero-order valence-electron chi connectivity index (χ0n) is 24.1. The Kier molecular flexibility index (Phi) is 9.03. The molecule has 4 aromatic rings. The number of alkyl halides is 6. The lowest BCUT2D eigenvalue weighted by Gasteiger charge is -2.35. The predicted octanol–water partition coefficient (Wildman–Crippen LogP) is 5.72. The molecule has 0 saturated heterocycles. The van der Waals surface area contributed by atoms with E-state index in [0.717, 1.165) is 56.6 Å². The van der Waals surface area contributed by atoms with Gasteiger partial charge in [-0.3, -0.25) is 9.59 Å². The SMILES string of the molecule is CC(O)(OC(C)(Cn1cnc2cc(F)ccc21)C(=O)Nc1ccc(C#N)c(C(F)(F)F)c1)C(=O)Nc1ccc(C#N)c(C(F)(F)F)c1. The third-order valence-corrected chi connectivity index (χ3v) is 6.79. The Morgan fingerprint density at radius 2 is 1.36 bits per heavy atom. The minimum atomic E-state index is -4.98. The maximum atomic E-state index is 13.8. The van der Waals surface area contributed by atoms with Gasteiger partial charge in [0.1, 0.15) is 5.82 Å². The molecule has 2 unspecified atom stereocenters. The number of hydrogen-bond acceptors (Lipinski definition) is 7. The van der Waals surface area contributed by atoms with Crippen LogP contribution in [0.15, 0.2) is 60.9 Å². The first-order chi connectivity index (χ1) is 21.8. The molecule has 10 nitrogen and oxygen atoms in total. The number of fused-ring (bicyclic) bond motifs is 1. The van der Waals surface area contributed by atoms with Crippen LogP contribution in [0, 0.1) is 28.5 Å². The minimum absolute atomic E-state index is 0.125. The van der Waals surface area contributed by atoms with Gasteiger partial charge in [0.2, 0.25) is 5.79 Å². The predicted molar refractivity (Wildman–Crippen MR) is 149 cm³/mol. The number of nitrogens with zero attached hydrogens (tertiary/aromatic N) is 4. The molecule has 0 aliphatic rings. The molecule has 17 heteroatoms. The van der Waals surface area contributed by atoms with Crippen molar-refractivity contribution >= 4 is 34.2 Å². The van der Waals surface area contributed by atoms with E-state index in [1.807, 2.05) is 5.32 Å². The third kappa shape index (κ3) is 7.49. The Bertz CT molecular complexity index is 1960. The highest BCUT2D eigenvalue weighted by Crippen LogP contribution is 2.36. The van der Waals surface area contributed by atoms with Gasteiger partial charge in [0.05, 0.1) is 58.3 Å². The number of amides is 2. The Labute approximate surface area is 260 Å². The van der Waals surface area contributed by atoms with Crippen molar-refractivity contribution in [2.75, 3.05) is 10.6 Å². The zero-order chi connectivity index (χ0) is 34.9. The van der Waals surface area contributed by atoms with E-state index >= 15 is 0 Å². The Balaban J connectivity index is 1.70. The van der Waals surface area contributed by atoms with Crippen LogP contribution in [0.4, 0.5) is 42.1 Å². The molecule has 0 aliphatic heterocycles. The number of carbonyl (C=O) groups is 2. The van der Waals surface area contributed by atoms with Crippen molar-refractivity contribution < 1.29 is 50.2 Å². The summed E-state index contributed by atoms with van der Waals surface area (Å²) in [5, 5.41) is 33.4. The van der Waals surface area contributed by atoms with Crippen LogP contribution in [0.1, 0.15) is 36.1 Å². The van der Waals surface area contributed by atoms with Crippen molar-refractivity contribution in [3.8, 4) is 12.1 Å². The van der Waals surface area contributed by atoms with Crippen molar-refractivity contribution in [2.45, 2.75) is 44.1 Å². The number of carbonyl (C=O) groups excluding carboxylic acids is 2. The van der Waals surface area contributed by atoms with E-state index in [1.54, 1.807) is 0 Å². The molecule has 2 atom stereocenters. The molecule has 0 bridgehead atoms. The fourth-order valence-corrected chi connectivity index (χ4v) is 4.54. The highest BCUT2D eigenvalue weighted by Gasteiger charge is 2.46. The Hall–Kier alpha value is -5.52. The fraction of sp³-hybridized carbons (Fsp3) is 0.233. The number of nitrogens with one attached hydrogen (secondary N) is 2. The summed E-state index contributed by atoms with van der Waals surface area (Å²) in [6.45, 7) is 1.21. The summed E-state index contributed by atoms with van der Waals surface area (Å²) in [4.78, 5) is 30.8. The van der Waals surface area contributed by atoms with Gasteiger partial charge in [-0.25, -0.2) is 9.37 Å². The quantitative estimate of drug-likeness (QED) is 0.161. The molecule has 0 radical (unpaired) electrons. The topological polar surface area (TPSA) is 153 Å². The highest BCUT2D eigenvalue weighted by molar-refractivity contribution is 5.99. The maximum Gasteiger partial charge on any atom is 0.417 e. The zero-order valence-corrected chi connectivity index (χ0v) is 24.1. The first-order valence-corrected chi connectivity index (χ1v) is 13.2. The van der Waals surface area contributed by atoms with Crippen LogP contribution < -0.4 is 10.6 Å². The molecule has 244 valence electrons. The van der Waals surface area contributed by atoms with Crippen LogP contribution in [-0.4, -0.2) is 37.9 Å². The van der Waals surface area contributed by atoms with Gasteiger partial charge in [-0.15, -0.1) is 0 Å². The van der Waals surface area contributed by atoms with E-state index in [2.05, 4.69) is 10.3 Å². The van der Waals surface area contributed by atoms with E-state index in [1.165, 1.54) is 22.8 Å². The number of rotatable bonds is 8. The van der Waals surface area contributed by atoms with Crippen molar-refractivity contribution in [1.82, 2.24) is 9.55 Å². The van der Waals surface area contributed by atoms with Gasteiger partial charge in [-0.05, 0) is 62.4 Å². The largest absolute Gasteiger partial charge is 0.417 e. The second-order valence-corrected chi connectivity index (χ2v) is 10.5.